The van der Waals surface area contributed by atoms with Gasteiger partial charge in [0.25, 0.3) is 0 Å². The Hall–Kier alpha value is -5.54. The Morgan fingerprint density at radius 1 is 0.519 bits per heavy atom. The van der Waals surface area contributed by atoms with Crippen LogP contribution in [0.25, 0.3) is 60.5 Å². The number of hydrogen-bond donors (Lipinski definition) is 0. The highest BCUT2D eigenvalue weighted by Gasteiger charge is 2.45. The van der Waals surface area contributed by atoms with Crippen LogP contribution in [0.2, 0.25) is 0 Å². The maximum absolute atomic E-state index is 2.67. The van der Waals surface area contributed by atoms with Crippen molar-refractivity contribution in [2.75, 3.05) is 4.81 Å². The van der Waals surface area contributed by atoms with Crippen LogP contribution in [0.15, 0.2) is 127 Å². The van der Waals surface area contributed by atoms with Gasteiger partial charge in [-0.05, 0) is 114 Å². The van der Waals surface area contributed by atoms with E-state index in [9.17, 15) is 0 Å². The molecule has 0 radical (unpaired) electrons. The molecule has 0 N–H and O–H groups in total. The van der Waals surface area contributed by atoms with Crippen LogP contribution in [0.4, 0.5) is 11.4 Å². The molecular weight excluding hydrogens is 651 g/mol. The third-order valence-electron chi connectivity index (χ3n) is 13.1. The molecule has 0 bridgehead atoms. The van der Waals surface area contributed by atoms with E-state index >= 15 is 0 Å². The third-order valence-corrected chi connectivity index (χ3v) is 13.1. The average molecular weight is 697 g/mol. The first-order valence-corrected chi connectivity index (χ1v) is 19.6. The van der Waals surface area contributed by atoms with Gasteiger partial charge in [0.15, 0.2) is 0 Å². The number of nitrogens with zero attached hydrogens (tertiary/aromatic N) is 2. The molecule has 0 spiro atoms. The number of hydrogen-bond acceptors (Lipinski definition) is 1. The van der Waals surface area contributed by atoms with Gasteiger partial charge >= 0.3 is 6.85 Å². The van der Waals surface area contributed by atoms with Crippen molar-refractivity contribution in [2.45, 2.75) is 71.6 Å². The lowest BCUT2D eigenvalue weighted by Crippen LogP contribution is -2.60. The summed E-state index contributed by atoms with van der Waals surface area (Å²) in [5, 5.41) is 5.21. The van der Waals surface area contributed by atoms with E-state index in [4.69, 9.17) is 0 Å². The summed E-state index contributed by atoms with van der Waals surface area (Å²) in [5.41, 5.74) is 20.1. The molecule has 0 atom stereocenters. The molecule has 7 aromatic carbocycles. The molecule has 1 aromatic heterocycles. The molecule has 54 heavy (non-hydrogen) atoms. The van der Waals surface area contributed by atoms with Crippen LogP contribution in [-0.2, 0) is 16.2 Å². The van der Waals surface area contributed by atoms with Gasteiger partial charge in [0.2, 0.25) is 0 Å². The Morgan fingerprint density at radius 2 is 1.20 bits per heavy atom. The van der Waals surface area contributed by atoms with Gasteiger partial charge in [-0.25, -0.2) is 0 Å². The second-order valence-corrected chi connectivity index (χ2v) is 18.7. The average Bonchev–Trinajstić information content (AvgIpc) is 3.60. The molecule has 262 valence electrons. The Labute approximate surface area is 319 Å². The van der Waals surface area contributed by atoms with E-state index in [1.807, 2.05) is 0 Å². The summed E-state index contributed by atoms with van der Waals surface area (Å²) in [6, 6.07) is 49.4. The summed E-state index contributed by atoms with van der Waals surface area (Å²) in [6.45, 7) is 18.7. The summed E-state index contributed by atoms with van der Waals surface area (Å²) in [5.74, 6) is 0. The number of rotatable bonds is 1. The Morgan fingerprint density at radius 3 is 1.94 bits per heavy atom. The van der Waals surface area contributed by atoms with Gasteiger partial charge in [-0.1, -0.05) is 140 Å². The first-order valence-electron chi connectivity index (χ1n) is 19.6. The fourth-order valence-corrected chi connectivity index (χ4v) is 10.1. The molecule has 0 unspecified atom stereocenters. The van der Waals surface area contributed by atoms with Crippen molar-refractivity contribution in [1.82, 2.24) is 4.57 Å². The third kappa shape index (κ3) is 4.13. The van der Waals surface area contributed by atoms with Crippen molar-refractivity contribution in [3.63, 3.8) is 0 Å². The lowest BCUT2D eigenvalue weighted by Gasteiger charge is -2.42. The van der Waals surface area contributed by atoms with Crippen LogP contribution in [-0.4, -0.2) is 11.4 Å². The normalized spacial score (nSPS) is 15.1. The number of fused-ring (bicyclic) bond motifs is 12. The minimum absolute atomic E-state index is 0.000973. The first-order chi connectivity index (χ1) is 25.8. The fourth-order valence-electron chi connectivity index (χ4n) is 10.1. The lowest BCUT2D eigenvalue weighted by atomic mass is 9.43. The van der Waals surface area contributed by atoms with E-state index in [1.165, 1.54) is 105 Å². The largest absolute Gasteiger partial charge is 0.376 e. The molecule has 2 nitrogen and oxygen atoms in total. The van der Waals surface area contributed by atoms with Crippen molar-refractivity contribution in [2.24, 2.45) is 0 Å². The van der Waals surface area contributed by atoms with Gasteiger partial charge in [-0.2, -0.15) is 0 Å². The van der Waals surface area contributed by atoms with E-state index < -0.39 is 0 Å². The number of anilines is 2. The lowest BCUT2D eigenvalue weighted by molar-refractivity contribution is 0.590. The zero-order valence-electron chi connectivity index (χ0n) is 32.6. The maximum atomic E-state index is 2.67. The molecule has 0 fully saturated rings. The standard InChI is InChI=1S/C51H45BN2/c1-49(2,3)32-17-20-34(21-18-32)54-46-26-31-14-10-9-13-30(31)25-39(46)36-22-23-37-40-28-42-38(35-15-11-12-16-41(35)51(42,7)8)29-45(40)53-44-24-19-33(50(4,5)6)27-43(44)52(54)47(36)48(37)53/h9-29H,1-8H3. The van der Waals surface area contributed by atoms with Crippen LogP contribution in [0.5, 0.6) is 0 Å². The number of benzene rings is 7. The van der Waals surface area contributed by atoms with Crippen LogP contribution < -0.4 is 15.7 Å². The summed E-state index contributed by atoms with van der Waals surface area (Å²) in [6.07, 6.45) is 0. The molecule has 3 heteroatoms. The second-order valence-electron chi connectivity index (χ2n) is 18.7. The van der Waals surface area contributed by atoms with Gasteiger partial charge < -0.3 is 9.38 Å². The fraction of sp³-hybridized carbons (Fsp3) is 0.216. The maximum Gasteiger partial charge on any atom is 0.333 e. The molecule has 3 aliphatic rings. The zero-order chi connectivity index (χ0) is 37.1. The number of aromatic nitrogens is 1. The van der Waals surface area contributed by atoms with Gasteiger partial charge in [0, 0.05) is 38.8 Å². The molecule has 8 aromatic rings. The summed E-state index contributed by atoms with van der Waals surface area (Å²) in [4.78, 5) is 2.67. The highest BCUT2D eigenvalue weighted by atomic mass is 15.1. The van der Waals surface area contributed by atoms with Crippen LogP contribution >= 0.6 is 0 Å². The minimum Gasteiger partial charge on any atom is -0.376 e. The first kappa shape index (κ1) is 31.9. The quantitative estimate of drug-likeness (QED) is 0.155. The predicted octanol–water partition coefficient (Wildman–Crippen LogP) is 12.1. The van der Waals surface area contributed by atoms with E-state index in [0.29, 0.717) is 0 Å². The Bertz CT molecular complexity index is 2930. The minimum atomic E-state index is -0.0685. The summed E-state index contributed by atoms with van der Waals surface area (Å²) in [7, 11) is 0. The van der Waals surface area contributed by atoms with Crippen molar-refractivity contribution in [1.29, 1.82) is 0 Å². The van der Waals surface area contributed by atoms with Gasteiger partial charge in [0.1, 0.15) is 0 Å². The van der Waals surface area contributed by atoms with E-state index in [-0.39, 0.29) is 23.1 Å². The van der Waals surface area contributed by atoms with E-state index in [0.717, 1.165) is 0 Å². The molecule has 2 aliphatic heterocycles. The van der Waals surface area contributed by atoms with Crippen molar-refractivity contribution >= 4 is 61.7 Å². The van der Waals surface area contributed by atoms with Gasteiger partial charge in [-0.3, -0.25) is 0 Å². The molecule has 11 rings (SSSR count). The predicted molar refractivity (Wildman–Crippen MR) is 232 cm³/mol. The van der Waals surface area contributed by atoms with Gasteiger partial charge in [-0.15, -0.1) is 0 Å². The van der Waals surface area contributed by atoms with Crippen molar-refractivity contribution < 1.29 is 0 Å². The van der Waals surface area contributed by atoms with Crippen LogP contribution in [0, 0.1) is 0 Å². The zero-order valence-corrected chi connectivity index (χ0v) is 32.6. The highest BCUT2D eigenvalue weighted by Crippen LogP contribution is 2.52. The summed E-state index contributed by atoms with van der Waals surface area (Å²) < 4.78 is 2.63. The molecule has 1 aliphatic carbocycles. The Balaban J connectivity index is 1.30. The molecule has 0 saturated carbocycles. The van der Waals surface area contributed by atoms with Crippen molar-refractivity contribution in [3.05, 3.63) is 150 Å². The van der Waals surface area contributed by atoms with Crippen LogP contribution in [0.3, 0.4) is 0 Å². The summed E-state index contributed by atoms with van der Waals surface area (Å²) >= 11 is 0. The SMILES string of the molecule is CC(C)(C)c1ccc(N2B3c4cc(C(C)(C)C)ccc4-n4c5cc6c(cc5c5ccc(c3c54)-c3cc4ccccc4cc32)C(C)(C)c2ccccc2-6)cc1. The molecule has 0 saturated heterocycles. The molecular formula is C51H45BN2. The monoisotopic (exact) mass is 696 g/mol. The van der Waals surface area contributed by atoms with E-state index in [2.05, 4.69) is 192 Å². The second kappa shape index (κ2) is 10.4. The Kier molecular flexibility index (Phi) is 6.13. The van der Waals surface area contributed by atoms with E-state index in [1.54, 1.807) is 0 Å². The molecule has 3 heterocycles. The highest BCUT2D eigenvalue weighted by molar-refractivity contribution is 6.93. The smallest absolute Gasteiger partial charge is 0.333 e. The van der Waals surface area contributed by atoms with Crippen molar-refractivity contribution in [3.8, 4) is 27.9 Å². The molecule has 0 amide bonds. The van der Waals surface area contributed by atoms with Crippen LogP contribution in [0.1, 0.15) is 77.6 Å². The van der Waals surface area contributed by atoms with Gasteiger partial charge in [0.05, 0.1) is 11.0 Å². The topological polar surface area (TPSA) is 8.17 Å².